The van der Waals surface area contributed by atoms with Crippen LogP contribution in [-0.2, 0) is 56.0 Å². The summed E-state index contributed by atoms with van der Waals surface area (Å²) >= 11 is 0. The summed E-state index contributed by atoms with van der Waals surface area (Å²) in [6.07, 6.45) is 9.61. The van der Waals surface area contributed by atoms with Gasteiger partial charge in [-0.2, -0.15) is 0 Å². The zero-order chi connectivity index (χ0) is 56.6. The van der Waals surface area contributed by atoms with Crippen molar-refractivity contribution in [1.29, 1.82) is 0 Å². The first-order valence-corrected chi connectivity index (χ1v) is 28.3. The molecule has 19 heteroatoms. The third-order valence-corrected chi connectivity index (χ3v) is 16.7. The van der Waals surface area contributed by atoms with Gasteiger partial charge in [-0.3, -0.25) is 43.4 Å². The molecule has 3 heterocycles. The number of piperidine rings is 1. The van der Waals surface area contributed by atoms with Crippen LogP contribution in [-0.4, -0.2) is 163 Å². The Bertz CT molecular complexity index is 2380. The fourth-order valence-corrected chi connectivity index (χ4v) is 12.0. The van der Waals surface area contributed by atoms with Crippen molar-refractivity contribution in [3.8, 4) is 0 Å². The lowest BCUT2D eigenvalue weighted by Crippen LogP contribution is -2.60. The molecule has 5 N–H and O–H groups in total. The molecule has 2 aromatic carbocycles. The highest BCUT2D eigenvalue weighted by Crippen LogP contribution is 2.41. The van der Waals surface area contributed by atoms with E-state index < -0.39 is 54.1 Å². The molecule has 4 aliphatic rings. The zero-order valence-electron chi connectivity index (χ0n) is 47.5. The van der Waals surface area contributed by atoms with Crippen LogP contribution in [0.2, 0.25) is 0 Å². The van der Waals surface area contributed by atoms with Gasteiger partial charge in [-0.25, -0.2) is 4.79 Å². The summed E-state index contributed by atoms with van der Waals surface area (Å²) < 4.78 is 12.2. The number of anilines is 1. The second kappa shape index (κ2) is 29.2. The number of hydrogen-bond donors (Lipinski definition) is 5. The lowest BCUT2D eigenvalue weighted by Gasteiger charge is -2.41. The number of methoxy groups -OCH3 is 2. The molecule has 78 heavy (non-hydrogen) atoms. The number of carbonyl (C=O) groups is 8. The van der Waals surface area contributed by atoms with Gasteiger partial charge in [-0.05, 0) is 93.0 Å². The Balaban J connectivity index is 1.02. The fraction of sp³-hybridized carbons (Fsp3) is 0.627. The number of amides is 9. The van der Waals surface area contributed by atoms with E-state index in [1.54, 1.807) is 55.1 Å². The van der Waals surface area contributed by atoms with Gasteiger partial charge in [-0.15, -0.1) is 0 Å². The molecular weight excluding hydrogens is 995 g/mol. The van der Waals surface area contributed by atoms with Gasteiger partial charge >= 0.3 is 6.03 Å². The molecule has 0 radical (unpaired) electrons. The number of rotatable bonds is 29. The highest BCUT2D eigenvalue weighted by molar-refractivity contribution is 6.12. The first-order valence-electron chi connectivity index (χ1n) is 28.3. The second-order valence-electron chi connectivity index (χ2n) is 22.3. The molecule has 3 aliphatic heterocycles. The number of likely N-dealkylation sites (tertiary alicyclic amines) is 2. The van der Waals surface area contributed by atoms with Crippen LogP contribution >= 0.6 is 0 Å². The van der Waals surface area contributed by atoms with Crippen LogP contribution in [0.1, 0.15) is 116 Å². The Morgan fingerprint density at radius 1 is 0.795 bits per heavy atom. The molecule has 3 unspecified atom stereocenters. The maximum Gasteiger partial charge on any atom is 0.315 e. The predicted octanol–water partition coefficient (Wildman–Crippen LogP) is 5.18. The molecule has 9 amide bonds. The van der Waals surface area contributed by atoms with Crippen LogP contribution in [0.4, 0.5) is 10.5 Å². The number of ether oxygens (including phenoxy) is 2. The number of benzene rings is 2. The minimum Gasteiger partial charge on any atom is -0.379 e. The van der Waals surface area contributed by atoms with Gasteiger partial charge < -0.3 is 45.9 Å². The van der Waals surface area contributed by atoms with E-state index in [-0.39, 0.29) is 78.7 Å². The Morgan fingerprint density at radius 3 is 2.12 bits per heavy atom. The average molecular weight is 1080 g/mol. The van der Waals surface area contributed by atoms with Crippen LogP contribution < -0.4 is 26.6 Å². The van der Waals surface area contributed by atoms with E-state index in [4.69, 9.17) is 9.47 Å². The van der Waals surface area contributed by atoms with Crippen LogP contribution in [0.5, 0.6) is 0 Å². The molecule has 2 bridgehead atoms. The lowest BCUT2D eigenvalue weighted by atomic mass is 9.89. The summed E-state index contributed by atoms with van der Waals surface area (Å²) in [6.45, 7) is 11.3. The molecule has 1 aliphatic carbocycles. The third-order valence-electron chi connectivity index (χ3n) is 16.7. The van der Waals surface area contributed by atoms with Crippen molar-refractivity contribution in [1.82, 2.24) is 40.9 Å². The summed E-state index contributed by atoms with van der Waals surface area (Å²) in [5.74, 6) is -2.64. The monoisotopic (exact) mass is 1080 g/mol. The van der Waals surface area contributed by atoms with Gasteiger partial charge in [0.25, 0.3) is 11.8 Å². The fourth-order valence-electron chi connectivity index (χ4n) is 12.0. The number of carbonyl (C=O) groups excluding carboxylic acids is 8. The number of likely N-dealkylation sites (N-methyl/N-ethyl adjacent to an activating group) is 2. The van der Waals surface area contributed by atoms with E-state index in [9.17, 15) is 38.4 Å². The van der Waals surface area contributed by atoms with E-state index in [2.05, 4.69) is 31.5 Å². The zero-order valence-corrected chi connectivity index (χ0v) is 47.5. The smallest absolute Gasteiger partial charge is 0.315 e. The summed E-state index contributed by atoms with van der Waals surface area (Å²) in [4.78, 5) is 114. The largest absolute Gasteiger partial charge is 0.379 e. The van der Waals surface area contributed by atoms with Crippen LogP contribution in [0.3, 0.4) is 0 Å². The van der Waals surface area contributed by atoms with E-state index in [0.717, 1.165) is 49.7 Å². The van der Waals surface area contributed by atoms with Gasteiger partial charge in [0.15, 0.2) is 0 Å². The highest BCUT2D eigenvalue weighted by atomic mass is 16.5. The van der Waals surface area contributed by atoms with E-state index in [0.29, 0.717) is 57.0 Å². The average Bonchev–Trinajstić information content (AvgIpc) is 4.25. The second-order valence-corrected chi connectivity index (χ2v) is 22.3. The molecule has 428 valence electrons. The molecule has 3 fully saturated rings. The number of urea groups is 1. The first-order chi connectivity index (χ1) is 37.4. The van der Waals surface area contributed by atoms with Crippen molar-refractivity contribution in [2.75, 3.05) is 53.3 Å². The van der Waals surface area contributed by atoms with Crippen LogP contribution in [0.25, 0.3) is 0 Å². The normalized spacial score (nSPS) is 21.7. The number of nitrogens with zero attached hydrogens (tertiary/aromatic N) is 4. The number of unbranched alkanes of at least 4 members (excludes halogenated alkanes) is 3. The SMILES string of the molecule is CC[C@H](C)[C@@H]([C@@H](CC(=O)N1CCCC1[C@H](OC)[C@@H](C)C(=O)NC(Cc1ccccc1)C(=O)Nc1ccc(CNC(=O)NCCCCCCN2C(=O)C=CC2=O)cc1)OC)N(C)C(=O)C(NC(=O)[C@@H]1[C@H]2CC[C@H](C2)N1C)C(C)C. The third kappa shape index (κ3) is 15.8. The van der Waals surface area contributed by atoms with Crippen molar-refractivity contribution in [3.05, 3.63) is 77.9 Å². The minimum absolute atomic E-state index is 0.0191. The quantitative estimate of drug-likeness (QED) is 0.0527. The Morgan fingerprint density at radius 2 is 1.49 bits per heavy atom. The van der Waals surface area contributed by atoms with Gasteiger partial charge in [0.05, 0.1) is 42.7 Å². The van der Waals surface area contributed by atoms with Crippen molar-refractivity contribution >= 4 is 53.1 Å². The van der Waals surface area contributed by atoms with Crippen molar-refractivity contribution in [2.45, 2.75) is 167 Å². The summed E-state index contributed by atoms with van der Waals surface area (Å²) in [6, 6.07) is 13.6. The molecule has 1 saturated carbocycles. The van der Waals surface area contributed by atoms with Gasteiger partial charge in [0, 0.05) is 77.7 Å². The topological polar surface area (TPSA) is 228 Å². The number of fused-ring (bicyclic) bond motifs is 2. The van der Waals surface area contributed by atoms with Gasteiger partial charge in [0.2, 0.25) is 29.5 Å². The lowest BCUT2D eigenvalue weighted by molar-refractivity contribution is -0.148. The minimum atomic E-state index is -0.968. The molecule has 11 atom stereocenters. The van der Waals surface area contributed by atoms with E-state index in [1.807, 2.05) is 65.1 Å². The number of nitrogens with one attached hydrogen (secondary N) is 5. The van der Waals surface area contributed by atoms with Crippen molar-refractivity contribution < 1.29 is 47.8 Å². The van der Waals surface area contributed by atoms with E-state index >= 15 is 0 Å². The molecule has 0 aromatic heterocycles. The Kier molecular flexibility index (Phi) is 22.8. The standard InChI is InChI=1S/C59H87N9O10/c1-10-38(4)52(66(7)58(75)51(37(2)3)64-57(74)53-42-24-27-44(34-42)65(53)6)47(77-8)35-50(71)67-32-18-21-46(67)54(78-9)39(5)55(72)63-45(33-40-19-14-13-15-20-40)56(73)62-43-25-22-41(23-26-43)36-61-59(76)60-30-16-11-12-17-31-68-48(69)28-29-49(68)70/h13-15,19-20,22-23,25-26,28-29,37-39,42,44-47,51-54H,10-12,16-18,21,24,27,30-36H2,1-9H3,(H,62,73)(H,63,72)(H,64,74)(H2,60,61,76)/t38-,39+,42-,44+,45?,46?,47+,51?,52-,53-,54+/m0/s1. The highest BCUT2D eigenvalue weighted by Gasteiger charge is 2.49. The van der Waals surface area contributed by atoms with Gasteiger partial charge in [-0.1, -0.05) is 96.3 Å². The maximum absolute atomic E-state index is 14.6. The molecule has 0 spiro atoms. The van der Waals surface area contributed by atoms with Crippen molar-refractivity contribution in [2.24, 2.45) is 23.7 Å². The summed E-state index contributed by atoms with van der Waals surface area (Å²) in [5, 5.41) is 14.8. The predicted molar refractivity (Wildman–Crippen MR) is 297 cm³/mol. The van der Waals surface area contributed by atoms with Crippen LogP contribution in [0.15, 0.2) is 66.7 Å². The Hall–Kier alpha value is -6.18. The molecular formula is C59H87N9O10. The van der Waals surface area contributed by atoms with Crippen LogP contribution in [0, 0.1) is 23.7 Å². The van der Waals surface area contributed by atoms with Crippen molar-refractivity contribution in [3.63, 3.8) is 0 Å². The molecule has 6 rings (SSSR count). The molecule has 2 saturated heterocycles. The number of hydrogen-bond acceptors (Lipinski definition) is 11. The maximum atomic E-state index is 14.6. The van der Waals surface area contributed by atoms with E-state index in [1.165, 1.54) is 24.2 Å². The summed E-state index contributed by atoms with van der Waals surface area (Å²) in [7, 11) is 6.83. The molecule has 2 aromatic rings. The Labute approximate surface area is 461 Å². The van der Waals surface area contributed by atoms with Gasteiger partial charge in [0.1, 0.15) is 12.1 Å². The number of imide groups is 1. The summed E-state index contributed by atoms with van der Waals surface area (Å²) in [5.41, 5.74) is 2.16. The molecule has 19 nitrogen and oxygen atoms in total. The first kappa shape index (κ1) is 61.0.